The zero-order valence-electron chi connectivity index (χ0n) is 10.6. The fourth-order valence-electron chi connectivity index (χ4n) is 1.73. The second-order valence-electron chi connectivity index (χ2n) is 4.25. The molecule has 1 aromatic carbocycles. The summed E-state index contributed by atoms with van der Waals surface area (Å²) in [7, 11) is 0. The first-order valence-electron chi connectivity index (χ1n) is 6.18. The molecule has 0 aliphatic heterocycles. The minimum Gasteiger partial charge on any atom is -0.309 e. The zero-order valence-corrected chi connectivity index (χ0v) is 10.6. The Morgan fingerprint density at radius 3 is 2.78 bits per heavy atom. The quantitative estimate of drug-likeness (QED) is 0.809. The lowest BCUT2D eigenvalue weighted by atomic mass is 10.1. The summed E-state index contributed by atoms with van der Waals surface area (Å²) >= 11 is 0. The van der Waals surface area contributed by atoms with E-state index in [4.69, 9.17) is 0 Å². The van der Waals surface area contributed by atoms with E-state index in [9.17, 15) is 0 Å². The van der Waals surface area contributed by atoms with Crippen molar-refractivity contribution in [2.75, 3.05) is 6.54 Å². The monoisotopic (exact) mass is 238 g/mol. The minimum atomic E-state index is 0.860. The number of aryl methyl sites for hydroxylation is 1. The zero-order chi connectivity index (χ0) is 12.6. The van der Waals surface area contributed by atoms with Gasteiger partial charge in [-0.1, -0.05) is 42.5 Å². The Labute approximate surface area is 108 Å². The van der Waals surface area contributed by atoms with E-state index in [0.29, 0.717) is 0 Å². The second-order valence-corrected chi connectivity index (χ2v) is 4.25. The summed E-state index contributed by atoms with van der Waals surface area (Å²) < 4.78 is 0. The van der Waals surface area contributed by atoms with Gasteiger partial charge >= 0.3 is 0 Å². The Balaban J connectivity index is 1.77. The summed E-state index contributed by atoms with van der Waals surface area (Å²) in [6.45, 7) is 3.83. The topological polar surface area (TPSA) is 24.9 Å². The second kappa shape index (κ2) is 6.72. The molecular weight excluding hydrogens is 220 g/mol. The highest BCUT2D eigenvalue weighted by atomic mass is 14.8. The van der Waals surface area contributed by atoms with E-state index < -0.39 is 0 Å². The van der Waals surface area contributed by atoms with Gasteiger partial charge in [-0.3, -0.25) is 4.98 Å². The maximum Gasteiger partial charge on any atom is 0.0315 e. The van der Waals surface area contributed by atoms with Gasteiger partial charge in [-0.15, -0.1) is 0 Å². The van der Waals surface area contributed by atoms with Gasteiger partial charge in [-0.05, 0) is 29.7 Å². The van der Waals surface area contributed by atoms with Crippen LogP contribution in [0.2, 0.25) is 0 Å². The molecule has 1 heterocycles. The molecular formula is C16H18N2. The average molecular weight is 238 g/mol. The Bertz CT molecular complexity index is 504. The number of nitrogens with one attached hydrogen (secondary N) is 1. The van der Waals surface area contributed by atoms with Gasteiger partial charge in [-0.25, -0.2) is 0 Å². The highest BCUT2D eigenvalue weighted by Gasteiger charge is 1.95. The predicted octanol–water partition coefficient (Wildman–Crippen LogP) is 3.19. The first kappa shape index (κ1) is 12.5. The fourth-order valence-corrected chi connectivity index (χ4v) is 1.73. The maximum atomic E-state index is 4.13. The number of hydrogen-bond donors (Lipinski definition) is 1. The van der Waals surface area contributed by atoms with Crippen LogP contribution in [0.15, 0.2) is 54.9 Å². The molecule has 2 heteroatoms. The summed E-state index contributed by atoms with van der Waals surface area (Å²) in [5.41, 5.74) is 3.77. The van der Waals surface area contributed by atoms with Crippen LogP contribution in [0.1, 0.15) is 16.7 Å². The van der Waals surface area contributed by atoms with Crippen LogP contribution >= 0.6 is 0 Å². The summed E-state index contributed by atoms with van der Waals surface area (Å²) in [5.74, 6) is 0. The van der Waals surface area contributed by atoms with Crippen molar-refractivity contribution in [3.8, 4) is 0 Å². The molecule has 2 rings (SSSR count). The van der Waals surface area contributed by atoms with Crippen molar-refractivity contribution in [2.24, 2.45) is 0 Å². The van der Waals surface area contributed by atoms with E-state index in [2.05, 4.69) is 41.5 Å². The first-order chi connectivity index (χ1) is 8.86. The lowest BCUT2D eigenvalue weighted by Crippen LogP contribution is -2.13. The van der Waals surface area contributed by atoms with Crippen molar-refractivity contribution in [1.29, 1.82) is 0 Å². The van der Waals surface area contributed by atoms with Crippen LogP contribution in [-0.2, 0) is 6.54 Å². The largest absolute Gasteiger partial charge is 0.309 e. The van der Waals surface area contributed by atoms with Gasteiger partial charge in [0.15, 0.2) is 0 Å². The number of rotatable bonds is 5. The molecule has 1 aromatic heterocycles. The molecule has 0 fully saturated rings. The van der Waals surface area contributed by atoms with E-state index in [0.717, 1.165) is 13.1 Å². The summed E-state index contributed by atoms with van der Waals surface area (Å²) in [5, 5.41) is 3.39. The standard InChI is InChI=1S/C16H18N2/c1-14-9-11-18-13-16(14)12-17-10-5-8-15-6-3-2-4-7-15/h2-9,11,13,17H,10,12H2,1H3/b8-5+. The molecule has 18 heavy (non-hydrogen) atoms. The minimum absolute atomic E-state index is 0.860. The Hall–Kier alpha value is -1.93. The van der Waals surface area contributed by atoms with Crippen molar-refractivity contribution in [3.63, 3.8) is 0 Å². The molecule has 0 bridgehead atoms. The third-order valence-corrected chi connectivity index (χ3v) is 2.83. The number of aromatic nitrogens is 1. The van der Waals surface area contributed by atoms with E-state index >= 15 is 0 Å². The Morgan fingerprint density at radius 2 is 2.00 bits per heavy atom. The van der Waals surface area contributed by atoms with Crippen LogP contribution in [0.25, 0.3) is 6.08 Å². The lowest BCUT2D eigenvalue weighted by molar-refractivity contribution is 0.753. The average Bonchev–Trinajstić information content (AvgIpc) is 2.42. The van der Waals surface area contributed by atoms with Gasteiger partial charge < -0.3 is 5.32 Å². The van der Waals surface area contributed by atoms with Crippen molar-refractivity contribution in [3.05, 3.63) is 71.6 Å². The van der Waals surface area contributed by atoms with E-state index in [-0.39, 0.29) is 0 Å². The van der Waals surface area contributed by atoms with Crippen molar-refractivity contribution in [1.82, 2.24) is 10.3 Å². The fraction of sp³-hybridized carbons (Fsp3) is 0.188. The molecule has 0 aliphatic carbocycles. The van der Waals surface area contributed by atoms with Gasteiger partial charge in [0, 0.05) is 25.5 Å². The van der Waals surface area contributed by atoms with Gasteiger partial charge in [0.05, 0.1) is 0 Å². The highest BCUT2D eigenvalue weighted by Crippen LogP contribution is 2.04. The smallest absolute Gasteiger partial charge is 0.0315 e. The normalized spacial score (nSPS) is 10.9. The van der Waals surface area contributed by atoms with E-state index in [1.54, 1.807) is 0 Å². The van der Waals surface area contributed by atoms with Gasteiger partial charge in [-0.2, -0.15) is 0 Å². The molecule has 1 N–H and O–H groups in total. The predicted molar refractivity (Wildman–Crippen MR) is 76.2 cm³/mol. The molecule has 92 valence electrons. The molecule has 0 saturated heterocycles. The number of hydrogen-bond acceptors (Lipinski definition) is 2. The SMILES string of the molecule is Cc1ccncc1CNC/C=C/c1ccccc1. The van der Waals surface area contributed by atoms with Crippen molar-refractivity contribution in [2.45, 2.75) is 13.5 Å². The summed E-state index contributed by atoms with van der Waals surface area (Å²) in [4.78, 5) is 4.13. The lowest BCUT2D eigenvalue weighted by Gasteiger charge is -2.04. The number of nitrogens with zero attached hydrogens (tertiary/aromatic N) is 1. The third kappa shape index (κ3) is 3.82. The van der Waals surface area contributed by atoms with Gasteiger partial charge in [0.2, 0.25) is 0 Å². The maximum absolute atomic E-state index is 4.13. The van der Waals surface area contributed by atoms with Crippen molar-refractivity contribution < 1.29 is 0 Å². The summed E-state index contributed by atoms with van der Waals surface area (Å²) in [6, 6.07) is 12.4. The first-order valence-corrected chi connectivity index (χ1v) is 6.18. The van der Waals surface area contributed by atoms with Crippen LogP contribution < -0.4 is 5.32 Å². The van der Waals surface area contributed by atoms with Crippen LogP contribution in [0.4, 0.5) is 0 Å². The molecule has 0 unspecified atom stereocenters. The van der Waals surface area contributed by atoms with Crippen molar-refractivity contribution >= 4 is 6.08 Å². The molecule has 0 radical (unpaired) electrons. The molecule has 0 amide bonds. The van der Waals surface area contributed by atoms with E-state index in [1.165, 1.54) is 16.7 Å². The van der Waals surface area contributed by atoms with Gasteiger partial charge in [0.1, 0.15) is 0 Å². The summed E-state index contributed by atoms with van der Waals surface area (Å²) in [6.07, 6.45) is 8.02. The third-order valence-electron chi connectivity index (χ3n) is 2.83. The molecule has 2 aromatic rings. The van der Waals surface area contributed by atoms with E-state index in [1.807, 2.05) is 36.7 Å². The highest BCUT2D eigenvalue weighted by molar-refractivity contribution is 5.48. The number of benzene rings is 1. The molecule has 2 nitrogen and oxygen atoms in total. The molecule has 0 atom stereocenters. The molecule has 0 saturated carbocycles. The molecule has 0 spiro atoms. The Morgan fingerprint density at radius 1 is 1.17 bits per heavy atom. The Kier molecular flexibility index (Phi) is 4.68. The number of pyridine rings is 1. The van der Waals surface area contributed by atoms with Gasteiger partial charge in [0.25, 0.3) is 0 Å². The van der Waals surface area contributed by atoms with Crippen LogP contribution in [0.3, 0.4) is 0 Å². The van der Waals surface area contributed by atoms with Crippen LogP contribution in [0, 0.1) is 6.92 Å². The van der Waals surface area contributed by atoms with Crippen LogP contribution in [0.5, 0.6) is 0 Å². The molecule has 0 aliphatic rings. The van der Waals surface area contributed by atoms with Crippen LogP contribution in [-0.4, -0.2) is 11.5 Å².